The van der Waals surface area contributed by atoms with E-state index in [1.54, 1.807) is 0 Å². The molecule has 0 aliphatic carbocycles. The van der Waals surface area contributed by atoms with Gasteiger partial charge in [0.1, 0.15) is 0 Å². The van der Waals surface area contributed by atoms with Crippen LogP contribution in [0, 0.1) is 0 Å². The van der Waals surface area contributed by atoms with Crippen LogP contribution in [-0.4, -0.2) is 59.3 Å². The fraction of sp³-hybridized carbons (Fsp3) is 0.545. The summed E-state index contributed by atoms with van der Waals surface area (Å²) < 4.78 is 1.90. The van der Waals surface area contributed by atoms with E-state index in [2.05, 4.69) is 96.6 Å². The maximum Gasteiger partial charge on any atom is 0.193 e. The molecule has 1 unspecified atom stereocenters. The quantitative estimate of drug-likeness (QED) is 0.561. The molecular weight excluding hydrogens is 348 g/mol. The summed E-state index contributed by atoms with van der Waals surface area (Å²) in [4.78, 5) is 8.98. The van der Waals surface area contributed by atoms with Gasteiger partial charge in [-0.1, -0.05) is 44.2 Å². The van der Waals surface area contributed by atoms with Gasteiger partial charge >= 0.3 is 0 Å². The molecule has 0 aliphatic heterocycles. The van der Waals surface area contributed by atoms with Crippen LogP contribution in [0.5, 0.6) is 0 Å². The van der Waals surface area contributed by atoms with Crippen LogP contribution in [0.15, 0.2) is 41.5 Å². The lowest BCUT2D eigenvalue weighted by Gasteiger charge is -2.28. The van der Waals surface area contributed by atoms with Crippen molar-refractivity contribution in [2.24, 2.45) is 12.0 Å². The van der Waals surface area contributed by atoms with Gasteiger partial charge in [-0.15, -0.1) is 0 Å². The van der Waals surface area contributed by atoms with E-state index in [9.17, 15) is 0 Å². The maximum absolute atomic E-state index is 4.61. The summed E-state index contributed by atoms with van der Waals surface area (Å²) in [5.74, 6) is 1.31. The van der Waals surface area contributed by atoms with Gasteiger partial charge in [0.2, 0.25) is 0 Å². The second kappa shape index (κ2) is 10.3. The molecule has 1 aromatic carbocycles. The van der Waals surface area contributed by atoms with Crippen LogP contribution >= 0.6 is 0 Å². The minimum Gasteiger partial charge on any atom is -0.355 e. The highest BCUT2D eigenvalue weighted by Crippen LogP contribution is 2.18. The molecule has 0 saturated heterocycles. The number of aliphatic imine (C=N–C) groups is 1. The van der Waals surface area contributed by atoms with Crippen LogP contribution in [0.2, 0.25) is 0 Å². The second-order valence-corrected chi connectivity index (χ2v) is 7.90. The number of nitrogens with zero attached hydrogens (tertiary/aromatic N) is 5. The summed E-state index contributed by atoms with van der Waals surface area (Å²) in [5, 5.41) is 8.13. The molecular formula is C22H36N6. The van der Waals surface area contributed by atoms with Crippen molar-refractivity contribution in [1.29, 1.82) is 0 Å². The van der Waals surface area contributed by atoms with Gasteiger partial charge in [0.15, 0.2) is 5.96 Å². The van der Waals surface area contributed by atoms with Crippen molar-refractivity contribution in [2.75, 3.05) is 27.7 Å². The van der Waals surface area contributed by atoms with Crippen molar-refractivity contribution in [2.45, 2.75) is 45.8 Å². The fourth-order valence-corrected chi connectivity index (χ4v) is 3.30. The van der Waals surface area contributed by atoms with Crippen molar-refractivity contribution >= 4 is 5.96 Å². The monoisotopic (exact) mass is 384 g/mol. The van der Waals surface area contributed by atoms with E-state index in [1.807, 2.05) is 18.8 Å². The van der Waals surface area contributed by atoms with Crippen LogP contribution in [0.1, 0.15) is 43.5 Å². The highest BCUT2D eigenvalue weighted by Gasteiger charge is 2.16. The van der Waals surface area contributed by atoms with E-state index >= 15 is 0 Å². The summed E-state index contributed by atoms with van der Waals surface area (Å²) in [7, 11) is 8.05. The third-order valence-corrected chi connectivity index (χ3v) is 5.05. The minimum absolute atomic E-state index is 0.384. The molecule has 1 aromatic heterocycles. The summed E-state index contributed by atoms with van der Waals surface area (Å²) >= 11 is 0. The normalized spacial score (nSPS) is 13.2. The Bertz CT molecular complexity index is 750. The number of likely N-dealkylation sites (N-methyl/N-ethyl adjacent to an activating group) is 1. The summed E-state index contributed by atoms with van der Waals surface area (Å²) in [6.07, 6.45) is 2.11. The largest absolute Gasteiger partial charge is 0.355 e. The Hall–Kier alpha value is -2.34. The van der Waals surface area contributed by atoms with E-state index in [0.717, 1.165) is 31.3 Å². The Balaban J connectivity index is 1.91. The number of benzene rings is 1. The van der Waals surface area contributed by atoms with Crippen molar-refractivity contribution in [3.8, 4) is 0 Å². The zero-order chi connectivity index (χ0) is 20.7. The highest BCUT2D eigenvalue weighted by atomic mass is 15.3. The first-order valence-electron chi connectivity index (χ1n) is 10.00. The van der Waals surface area contributed by atoms with Crippen LogP contribution < -0.4 is 5.32 Å². The van der Waals surface area contributed by atoms with Crippen LogP contribution in [-0.2, 0) is 20.1 Å². The van der Waals surface area contributed by atoms with E-state index < -0.39 is 0 Å². The van der Waals surface area contributed by atoms with Gasteiger partial charge in [0.25, 0.3) is 0 Å². The number of aryl methyl sites for hydroxylation is 1. The molecule has 2 rings (SSSR count). The zero-order valence-electron chi connectivity index (χ0n) is 18.5. The van der Waals surface area contributed by atoms with E-state index in [1.165, 1.54) is 11.1 Å². The van der Waals surface area contributed by atoms with Crippen LogP contribution in [0.3, 0.4) is 0 Å². The lowest BCUT2D eigenvalue weighted by Crippen LogP contribution is -2.45. The molecule has 0 amide bonds. The molecule has 154 valence electrons. The first kappa shape index (κ1) is 22.0. The fourth-order valence-electron chi connectivity index (χ4n) is 3.30. The third-order valence-electron chi connectivity index (χ3n) is 5.05. The zero-order valence-corrected chi connectivity index (χ0v) is 18.5. The number of hydrogen-bond acceptors (Lipinski definition) is 3. The Morgan fingerprint density at radius 2 is 1.82 bits per heavy atom. The molecule has 0 bridgehead atoms. The predicted molar refractivity (Wildman–Crippen MR) is 117 cm³/mol. The van der Waals surface area contributed by atoms with Gasteiger partial charge in [0.05, 0.1) is 5.69 Å². The lowest BCUT2D eigenvalue weighted by molar-refractivity contribution is 0.247. The van der Waals surface area contributed by atoms with Crippen LogP contribution in [0.25, 0.3) is 0 Å². The molecule has 6 heteroatoms. The lowest BCUT2D eigenvalue weighted by atomic mass is 10.1. The maximum atomic E-state index is 4.61. The van der Waals surface area contributed by atoms with E-state index in [0.29, 0.717) is 12.0 Å². The predicted octanol–water partition coefficient (Wildman–Crippen LogP) is 3.07. The van der Waals surface area contributed by atoms with Gasteiger partial charge < -0.3 is 10.2 Å². The molecule has 2 aromatic rings. The Morgan fingerprint density at radius 3 is 2.43 bits per heavy atom. The summed E-state index contributed by atoms with van der Waals surface area (Å²) in [6.45, 7) is 9.17. The van der Waals surface area contributed by atoms with Gasteiger partial charge in [-0.3, -0.25) is 14.6 Å². The van der Waals surface area contributed by atoms with Crippen molar-refractivity contribution in [1.82, 2.24) is 24.9 Å². The number of guanidine groups is 1. The molecule has 1 N–H and O–H groups in total. The minimum atomic E-state index is 0.384. The first-order valence-corrected chi connectivity index (χ1v) is 10.00. The molecule has 1 atom stereocenters. The van der Waals surface area contributed by atoms with Crippen molar-refractivity contribution in [3.63, 3.8) is 0 Å². The Kier molecular flexibility index (Phi) is 8.05. The molecule has 0 radical (unpaired) electrons. The molecule has 28 heavy (non-hydrogen) atoms. The number of rotatable bonds is 8. The van der Waals surface area contributed by atoms with Crippen molar-refractivity contribution < 1.29 is 0 Å². The number of hydrogen-bond donors (Lipinski definition) is 1. The van der Waals surface area contributed by atoms with E-state index in [4.69, 9.17) is 0 Å². The standard InChI is InChI=1S/C22H36N6/c1-17(2)21-20(16-28(7)25-21)15-27(6)22(23-4)24-13-18(3)26(5)14-19-11-9-8-10-12-19/h8-12,16-18H,13-15H2,1-7H3,(H,23,24). The molecule has 6 nitrogen and oxygen atoms in total. The average Bonchev–Trinajstić information content (AvgIpc) is 3.03. The summed E-state index contributed by atoms with van der Waals surface area (Å²) in [6, 6.07) is 11.0. The first-order chi connectivity index (χ1) is 13.3. The Morgan fingerprint density at radius 1 is 1.14 bits per heavy atom. The molecule has 0 aliphatic rings. The number of aromatic nitrogens is 2. The number of nitrogens with one attached hydrogen (secondary N) is 1. The van der Waals surface area contributed by atoms with Crippen LogP contribution in [0.4, 0.5) is 0 Å². The van der Waals surface area contributed by atoms with Gasteiger partial charge in [0, 0.05) is 58.6 Å². The van der Waals surface area contributed by atoms with Gasteiger partial charge in [-0.05, 0) is 25.5 Å². The molecule has 1 heterocycles. The van der Waals surface area contributed by atoms with E-state index in [-0.39, 0.29) is 0 Å². The highest BCUT2D eigenvalue weighted by molar-refractivity contribution is 5.79. The topological polar surface area (TPSA) is 48.7 Å². The SMILES string of the molecule is CN=C(NCC(C)N(C)Cc1ccccc1)N(C)Cc1cn(C)nc1C(C)C. The second-order valence-electron chi connectivity index (χ2n) is 7.90. The summed E-state index contributed by atoms with van der Waals surface area (Å²) in [5.41, 5.74) is 3.73. The molecule has 0 spiro atoms. The van der Waals surface area contributed by atoms with Gasteiger partial charge in [-0.25, -0.2) is 0 Å². The smallest absolute Gasteiger partial charge is 0.193 e. The molecule has 0 saturated carbocycles. The average molecular weight is 385 g/mol. The van der Waals surface area contributed by atoms with Crippen molar-refractivity contribution in [3.05, 3.63) is 53.3 Å². The third kappa shape index (κ3) is 6.09. The Labute approximate surface area is 170 Å². The van der Waals surface area contributed by atoms with Gasteiger partial charge in [-0.2, -0.15) is 5.10 Å². The molecule has 0 fully saturated rings.